The average molecular weight is 947 g/mol. The lowest BCUT2D eigenvalue weighted by Gasteiger charge is -2.20. The van der Waals surface area contributed by atoms with Gasteiger partial charge in [-0.05, 0) is 32.1 Å². The van der Waals surface area contributed by atoms with Crippen LogP contribution in [0.2, 0.25) is 0 Å². The molecule has 0 aromatic carbocycles. The summed E-state index contributed by atoms with van der Waals surface area (Å²) in [5, 5.41) is 22.9. The van der Waals surface area contributed by atoms with Crippen molar-refractivity contribution >= 4 is 11.9 Å². The Balaban J connectivity index is 3.32. The average Bonchev–Trinajstić information content (AvgIpc) is 3.33. The van der Waals surface area contributed by atoms with Crippen LogP contribution >= 0.6 is 0 Å². The normalized spacial score (nSPS) is 12.6. The van der Waals surface area contributed by atoms with Gasteiger partial charge < -0.3 is 20.3 Å². The Morgan fingerprint density at radius 1 is 0.403 bits per heavy atom. The van der Waals surface area contributed by atoms with E-state index in [-0.39, 0.29) is 18.5 Å². The number of carbonyl (C=O) groups excluding carboxylic acids is 2. The molecule has 2 atom stereocenters. The van der Waals surface area contributed by atoms with Crippen LogP contribution in [-0.2, 0) is 14.3 Å². The van der Waals surface area contributed by atoms with Crippen LogP contribution in [0.15, 0.2) is 12.2 Å². The molecule has 0 saturated carbocycles. The third-order valence-electron chi connectivity index (χ3n) is 14.3. The van der Waals surface area contributed by atoms with Gasteiger partial charge in [0, 0.05) is 12.8 Å². The molecule has 0 fully saturated rings. The number of unbranched alkanes of at least 4 members (excludes halogenated alkanes) is 46. The molecule has 0 aromatic heterocycles. The van der Waals surface area contributed by atoms with Gasteiger partial charge in [0.2, 0.25) is 5.91 Å². The fourth-order valence-corrected chi connectivity index (χ4v) is 9.64. The van der Waals surface area contributed by atoms with Crippen LogP contribution in [0.25, 0.3) is 0 Å². The highest BCUT2D eigenvalue weighted by atomic mass is 16.5. The van der Waals surface area contributed by atoms with E-state index in [4.69, 9.17) is 4.74 Å². The van der Waals surface area contributed by atoms with Crippen LogP contribution in [0, 0.1) is 0 Å². The van der Waals surface area contributed by atoms with Crippen molar-refractivity contribution in [2.75, 3.05) is 13.2 Å². The Bertz CT molecular complexity index is 1000. The lowest BCUT2D eigenvalue weighted by molar-refractivity contribution is -0.143. The van der Waals surface area contributed by atoms with Crippen LogP contribution in [0.1, 0.15) is 341 Å². The summed E-state index contributed by atoms with van der Waals surface area (Å²) in [7, 11) is 0. The van der Waals surface area contributed by atoms with Crippen molar-refractivity contribution in [2.24, 2.45) is 0 Å². The molecule has 0 aliphatic rings. The molecular weight excluding hydrogens is 827 g/mol. The van der Waals surface area contributed by atoms with E-state index in [2.05, 4.69) is 19.2 Å². The second-order valence-electron chi connectivity index (χ2n) is 21.0. The Morgan fingerprint density at radius 3 is 1.01 bits per heavy atom. The molecule has 67 heavy (non-hydrogen) atoms. The standard InChI is InChI=1S/C61H119NO5/c1-3-5-7-9-11-13-14-15-16-29-32-35-39-43-47-51-55-61(66)67-56-52-48-44-40-36-33-30-27-25-23-21-19-17-18-20-22-24-26-28-31-34-38-42-46-50-54-60(65)62-58(57-63)59(64)53-49-45-41-37-12-10-8-6-4-2/h49,53,58-59,63-64H,3-48,50-52,54-57H2,1-2H3,(H,62,65)/b53-49+. The van der Waals surface area contributed by atoms with E-state index in [9.17, 15) is 19.8 Å². The van der Waals surface area contributed by atoms with Gasteiger partial charge in [-0.15, -0.1) is 0 Å². The Labute approximate surface area is 419 Å². The SMILES string of the molecule is CCCCCCCCC/C=C/C(O)C(CO)NC(=O)CCCCCCCCCCCCCCCCCCCCCCCCCCCOC(=O)CCCCCCCCCCCCCCCCCC. The molecule has 0 rings (SSSR count). The van der Waals surface area contributed by atoms with Crippen molar-refractivity contribution in [1.82, 2.24) is 5.32 Å². The zero-order chi connectivity index (χ0) is 48.6. The summed E-state index contributed by atoms with van der Waals surface area (Å²) in [6.07, 6.45) is 68.4. The molecule has 0 heterocycles. The molecule has 0 spiro atoms. The number of ether oxygens (including phenoxy) is 1. The number of aliphatic hydroxyl groups excluding tert-OH is 2. The summed E-state index contributed by atoms with van der Waals surface area (Å²) in [6, 6.07) is -0.623. The van der Waals surface area contributed by atoms with Crippen LogP contribution in [0.5, 0.6) is 0 Å². The molecule has 0 aliphatic carbocycles. The minimum absolute atomic E-state index is 0.0197. The summed E-state index contributed by atoms with van der Waals surface area (Å²) >= 11 is 0. The topological polar surface area (TPSA) is 95.9 Å². The molecule has 6 nitrogen and oxygen atoms in total. The van der Waals surface area contributed by atoms with Gasteiger partial charge in [0.15, 0.2) is 0 Å². The Morgan fingerprint density at radius 2 is 0.687 bits per heavy atom. The Kier molecular flexibility index (Phi) is 56.0. The number of rotatable bonds is 57. The van der Waals surface area contributed by atoms with Crippen molar-refractivity contribution in [1.29, 1.82) is 0 Å². The van der Waals surface area contributed by atoms with E-state index in [0.717, 1.165) is 38.5 Å². The summed E-state index contributed by atoms with van der Waals surface area (Å²) in [4.78, 5) is 24.5. The second kappa shape index (κ2) is 57.2. The first-order valence-electron chi connectivity index (χ1n) is 30.5. The van der Waals surface area contributed by atoms with E-state index in [0.29, 0.717) is 19.4 Å². The molecule has 0 bridgehead atoms. The lowest BCUT2D eigenvalue weighted by Crippen LogP contribution is -2.45. The number of carbonyl (C=O) groups is 2. The van der Waals surface area contributed by atoms with Gasteiger partial charge in [-0.1, -0.05) is 309 Å². The van der Waals surface area contributed by atoms with Crippen molar-refractivity contribution < 1.29 is 24.5 Å². The summed E-state index contributed by atoms with van der Waals surface area (Å²) in [5.41, 5.74) is 0. The minimum Gasteiger partial charge on any atom is -0.466 e. The molecule has 3 N–H and O–H groups in total. The third kappa shape index (κ3) is 53.8. The molecule has 0 aromatic rings. The van der Waals surface area contributed by atoms with Crippen molar-refractivity contribution in [2.45, 2.75) is 353 Å². The first-order chi connectivity index (χ1) is 33.0. The lowest BCUT2D eigenvalue weighted by atomic mass is 10.0. The van der Waals surface area contributed by atoms with E-state index in [1.54, 1.807) is 6.08 Å². The molecule has 0 radical (unpaired) electrons. The monoisotopic (exact) mass is 946 g/mol. The predicted molar refractivity (Wildman–Crippen MR) is 292 cm³/mol. The predicted octanol–water partition coefficient (Wildman–Crippen LogP) is 18.9. The maximum atomic E-state index is 12.4. The van der Waals surface area contributed by atoms with Gasteiger partial charge in [-0.3, -0.25) is 9.59 Å². The fraction of sp³-hybridized carbons (Fsp3) is 0.934. The van der Waals surface area contributed by atoms with Gasteiger partial charge in [-0.2, -0.15) is 0 Å². The summed E-state index contributed by atoms with van der Waals surface area (Å²) in [6.45, 7) is 4.90. The van der Waals surface area contributed by atoms with Crippen molar-refractivity contribution in [3.63, 3.8) is 0 Å². The van der Waals surface area contributed by atoms with Gasteiger partial charge in [0.1, 0.15) is 0 Å². The molecule has 6 heteroatoms. The van der Waals surface area contributed by atoms with Crippen LogP contribution < -0.4 is 5.32 Å². The number of hydrogen-bond acceptors (Lipinski definition) is 5. The largest absolute Gasteiger partial charge is 0.466 e. The first kappa shape index (κ1) is 65.6. The third-order valence-corrected chi connectivity index (χ3v) is 14.3. The maximum Gasteiger partial charge on any atom is 0.305 e. The number of aliphatic hydroxyl groups is 2. The van der Waals surface area contributed by atoms with Crippen molar-refractivity contribution in [3.8, 4) is 0 Å². The van der Waals surface area contributed by atoms with Crippen LogP contribution in [0.4, 0.5) is 0 Å². The summed E-state index contributed by atoms with van der Waals surface area (Å²) in [5.74, 6) is -0.0479. The highest BCUT2D eigenvalue weighted by Gasteiger charge is 2.18. The number of hydrogen-bond donors (Lipinski definition) is 3. The van der Waals surface area contributed by atoms with E-state index < -0.39 is 12.1 Å². The molecular formula is C61H119NO5. The number of esters is 1. The highest BCUT2D eigenvalue weighted by molar-refractivity contribution is 5.76. The number of amides is 1. The van der Waals surface area contributed by atoms with Gasteiger partial charge in [-0.25, -0.2) is 0 Å². The summed E-state index contributed by atoms with van der Waals surface area (Å²) < 4.78 is 5.50. The minimum atomic E-state index is -0.840. The molecule has 0 aliphatic heterocycles. The number of nitrogens with one attached hydrogen (secondary N) is 1. The van der Waals surface area contributed by atoms with Crippen LogP contribution in [0.3, 0.4) is 0 Å². The van der Waals surface area contributed by atoms with Gasteiger partial charge in [0.05, 0.1) is 25.4 Å². The quantitative estimate of drug-likeness (QED) is 0.0321. The zero-order valence-corrected chi connectivity index (χ0v) is 45.4. The fourth-order valence-electron chi connectivity index (χ4n) is 9.64. The van der Waals surface area contributed by atoms with E-state index in [1.807, 2.05) is 6.08 Å². The maximum absolute atomic E-state index is 12.4. The van der Waals surface area contributed by atoms with E-state index in [1.165, 1.54) is 276 Å². The molecule has 2 unspecified atom stereocenters. The molecule has 398 valence electrons. The molecule has 1 amide bonds. The van der Waals surface area contributed by atoms with Crippen molar-refractivity contribution in [3.05, 3.63) is 12.2 Å². The van der Waals surface area contributed by atoms with Gasteiger partial charge >= 0.3 is 5.97 Å². The smallest absolute Gasteiger partial charge is 0.305 e. The highest BCUT2D eigenvalue weighted by Crippen LogP contribution is 2.18. The zero-order valence-electron chi connectivity index (χ0n) is 45.4. The Hall–Kier alpha value is -1.40. The second-order valence-corrected chi connectivity index (χ2v) is 21.0. The number of allylic oxidation sites excluding steroid dienone is 1. The first-order valence-corrected chi connectivity index (χ1v) is 30.5. The van der Waals surface area contributed by atoms with E-state index >= 15 is 0 Å². The van der Waals surface area contributed by atoms with Crippen LogP contribution in [-0.4, -0.2) is 47.4 Å². The van der Waals surface area contributed by atoms with Gasteiger partial charge in [0.25, 0.3) is 0 Å². The molecule has 0 saturated heterocycles.